The molecule has 0 radical (unpaired) electrons. The van der Waals surface area contributed by atoms with Crippen LogP contribution in [0.25, 0.3) is 0 Å². The molecular formula is C12H21N3O2. The Morgan fingerprint density at radius 1 is 1.24 bits per heavy atom. The first kappa shape index (κ1) is 12.4. The van der Waals surface area contributed by atoms with Crippen LogP contribution in [-0.2, 0) is 9.59 Å². The Hall–Kier alpha value is -1.10. The lowest BCUT2D eigenvalue weighted by Gasteiger charge is -2.16. The maximum Gasteiger partial charge on any atom is 0.237 e. The van der Waals surface area contributed by atoms with E-state index in [4.69, 9.17) is 0 Å². The summed E-state index contributed by atoms with van der Waals surface area (Å²) in [6.45, 7) is 3.16. The third-order valence-corrected chi connectivity index (χ3v) is 3.47. The minimum atomic E-state index is -0.0445. The van der Waals surface area contributed by atoms with Crippen molar-refractivity contribution in [3.63, 3.8) is 0 Å². The van der Waals surface area contributed by atoms with Gasteiger partial charge in [-0.1, -0.05) is 0 Å². The maximum atomic E-state index is 11.7. The van der Waals surface area contributed by atoms with E-state index < -0.39 is 0 Å². The molecule has 2 amide bonds. The molecule has 96 valence electrons. The fourth-order valence-corrected chi connectivity index (χ4v) is 2.45. The van der Waals surface area contributed by atoms with Crippen LogP contribution >= 0.6 is 0 Å². The average Bonchev–Trinajstić information content (AvgIpc) is 3.02. The van der Waals surface area contributed by atoms with Crippen LogP contribution in [0.2, 0.25) is 0 Å². The lowest BCUT2D eigenvalue weighted by molar-refractivity contribution is -0.130. The highest BCUT2D eigenvalue weighted by atomic mass is 16.2. The van der Waals surface area contributed by atoms with E-state index in [1.165, 1.54) is 0 Å². The van der Waals surface area contributed by atoms with Gasteiger partial charge in [-0.3, -0.25) is 9.59 Å². The zero-order valence-corrected chi connectivity index (χ0v) is 10.2. The molecule has 17 heavy (non-hydrogen) atoms. The molecule has 0 unspecified atom stereocenters. The number of likely N-dealkylation sites (tertiary alicyclic amines) is 1. The van der Waals surface area contributed by atoms with Crippen LogP contribution in [0.15, 0.2) is 0 Å². The normalized spacial score (nSPS) is 24.0. The molecule has 2 fully saturated rings. The van der Waals surface area contributed by atoms with Crippen molar-refractivity contribution in [2.24, 2.45) is 0 Å². The number of carbonyl (C=O) groups is 2. The topological polar surface area (TPSA) is 61.4 Å². The molecular weight excluding hydrogens is 218 g/mol. The first-order valence-corrected chi connectivity index (χ1v) is 6.56. The van der Waals surface area contributed by atoms with Gasteiger partial charge in [0.05, 0.1) is 6.04 Å². The second-order valence-corrected chi connectivity index (χ2v) is 4.78. The lowest BCUT2D eigenvalue weighted by atomic mass is 10.2. The molecule has 0 spiro atoms. The Kier molecular flexibility index (Phi) is 4.36. The Balaban J connectivity index is 1.61. The van der Waals surface area contributed by atoms with E-state index in [0.717, 1.165) is 45.3 Å². The summed E-state index contributed by atoms with van der Waals surface area (Å²) in [4.78, 5) is 25.2. The highest BCUT2D eigenvalue weighted by Crippen LogP contribution is 2.08. The summed E-state index contributed by atoms with van der Waals surface area (Å²) in [6.07, 6.45) is 4.63. The second kappa shape index (κ2) is 6.00. The summed E-state index contributed by atoms with van der Waals surface area (Å²) in [7, 11) is 0. The second-order valence-electron chi connectivity index (χ2n) is 4.78. The molecule has 0 aromatic heterocycles. The van der Waals surface area contributed by atoms with E-state index >= 15 is 0 Å². The molecule has 5 nitrogen and oxygen atoms in total. The molecule has 2 heterocycles. The standard InChI is InChI=1S/C12H21N3O2/c16-11(15-8-1-2-9-15)5-7-14-12(17)10-4-3-6-13-10/h10,13H,1-9H2,(H,14,17)/t10-/m0/s1. The van der Waals surface area contributed by atoms with E-state index in [2.05, 4.69) is 10.6 Å². The van der Waals surface area contributed by atoms with E-state index in [9.17, 15) is 9.59 Å². The summed E-state index contributed by atoms with van der Waals surface area (Å²) in [5.41, 5.74) is 0. The fraction of sp³-hybridized carbons (Fsp3) is 0.833. The van der Waals surface area contributed by atoms with Crippen molar-refractivity contribution < 1.29 is 9.59 Å². The highest BCUT2D eigenvalue weighted by molar-refractivity contribution is 5.83. The number of nitrogens with zero attached hydrogens (tertiary/aromatic N) is 1. The predicted molar refractivity (Wildman–Crippen MR) is 64.5 cm³/mol. The number of carbonyl (C=O) groups excluding carboxylic acids is 2. The number of rotatable bonds is 4. The quantitative estimate of drug-likeness (QED) is 0.718. The number of nitrogens with one attached hydrogen (secondary N) is 2. The molecule has 1 atom stereocenters. The Bertz CT molecular complexity index is 253. The van der Waals surface area contributed by atoms with E-state index in [0.29, 0.717) is 13.0 Å². The van der Waals surface area contributed by atoms with Gasteiger partial charge in [0, 0.05) is 26.1 Å². The molecule has 2 aliphatic rings. The first-order chi connectivity index (χ1) is 8.27. The van der Waals surface area contributed by atoms with Crippen LogP contribution < -0.4 is 10.6 Å². The fourth-order valence-electron chi connectivity index (χ4n) is 2.45. The number of amides is 2. The van der Waals surface area contributed by atoms with Crippen molar-refractivity contribution in [3.8, 4) is 0 Å². The summed E-state index contributed by atoms with van der Waals surface area (Å²) < 4.78 is 0. The Morgan fingerprint density at radius 3 is 2.65 bits per heavy atom. The average molecular weight is 239 g/mol. The minimum Gasteiger partial charge on any atom is -0.354 e. The molecule has 2 rings (SSSR count). The van der Waals surface area contributed by atoms with Gasteiger partial charge in [-0.15, -0.1) is 0 Å². The van der Waals surface area contributed by atoms with Crippen LogP contribution in [0.3, 0.4) is 0 Å². The monoisotopic (exact) mass is 239 g/mol. The third-order valence-electron chi connectivity index (χ3n) is 3.47. The zero-order valence-electron chi connectivity index (χ0n) is 10.2. The Labute approximate surface area is 102 Å². The van der Waals surface area contributed by atoms with Crippen LogP contribution in [0.4, 0.5) is 0 Å². The largest absolute Gasteiger partial charge is 0.354 e. The number of hydrogen-bond donors (Lipinski definition) is 2. The highest BCUT2D eigenvalue weighted by Gasteiger charge is 2.22. The summed E-state index contributed by atoms with van der Waals surface area (Å²) in [5.74, 6) is 0.207. The van der Waals surface area contributed by atoms with Crippen molar-refractivity contribution in [1.82, 2.24) is 15.5 Å². The summed E-state index contributed by atoms with van der Waals surface area (Å²) in [6, 6.07) is -0.0445. The predicted octanol–water partition coefficient (Wildman–Crippen LogP) is -0.133. The zero-order chi connectivity index (χ0) is 12.1. The van der Waals surface area contributed by atoms with Crippen LogP contribution in [0, 0.1) is 0 Å². The molecule has 0 aromatic carbocycles. The molecule has 0 bridgehead atoms. The Morgan fingerprint density at radius 2 is 2.00 bits per heavy atom. The molecule has 0 aromatic rings. The summed E-state index contributed by atoms with van der Waals surface area (Å²) >= 11 is 0. The summed E-state index contributed by atoms with van der Waals surface area (Å²) in [5, 5.41) is 5.97. The third kappa shape index (κ3) is 3.43. The van der Waals surface area contributed by atoms with Gasteiger partial charge in [0.15, 0.2) is 0 Å². The van der Waals surface area contributed by atoms with Gasteiger partial charge < -0.3 is 15.5 Å². The van der Waals surface area contributed by atoms with Gasteiger partial charge in [0.25, 0.3) is 0 Å². The van der Waals surface area contributed by atoms with Crippen molar-refractivity contribution in [1.29, 1.82) is 0 Å². The van der Waals surface area contributed by atoms with Crippen molar-refractivity contribution in [3.05, 3.63) is 0 Å². The number of hydrogen-bond acceptors (Lipinski definition) is 3. The van der Waals surface area contributed by atoms with E-state index in [1.54, 1.807) is 0 Å². The SMILES string of the molecule is O=C(NCCC(=O)N1CCCC1)[C@@H]1CCCN1. The first-order valence-electron chi connectivity index (χ1n) is 6.56. The van der Waals surface area contributed by atoms with Gasteiger partial charge >= 0.3 is 0 Å². The smallest absolute Gasteiger partial charge is 0.237 e. The van der Waals surface area contributed by atoms with E-state index in [1.807, 2.05) is 4.90 Å². The van der Waals surface area contributed by atoms with Gasteiger partial charge in [-0.2, -0.15) is 0 Å². The lowest BCUT2D eigenvalue weighted by Crippen LogP contribution is -2.41. The van der Waals surface area contributed by atoms with Crippen LogP contribution in [0.1, 0.15) is 32.1 Å². The molecule has 2 N–H and O–H groups in total. The molecule has 0 aliphatic carbocycles. The molecule has 2 saturated heterocycles. The maximum absolute atomic E-state index is 11.7. The minimum absolute atomic E-state index is 0.0386. The van der Waals surface area contributed by atoms with Gasteiger partial charge in [-0.25, -0.2) is 0 Å². The van der Waals surface area contributed by atoms with E-state index in [-0.39, 0.29) is 17.9 Å². The van der Waals surface area contributed by atoms with Gasteiger partial charge in [-0.05, 0) is 32.2 Å². The van der Waals surface area contributed by atoms with Gasteiger partial charge in [0.1, 0.15) is 0 Å². The molecule has 2 aliphatic heterocycles. The van der Waals surface area contributed by atoms with Crippen molar-refractivity contribution in [2.75, 3.05) is 26.2 Å². The van der Waals surface area contributed by atoms with Crippen molar-refractivity contribution in [2.45, 2.75) is 38.1 Å². The van der Waals surface area contributed by atoms with Crippen molar-refractivity contribution >= 4 is 11.8 Å². The van der Waals surface area contributed by atoms with Crippen LogP contribution in [0.5, 0.6) is 0 Å². The van der Waals surface area contributed by atoms with Crippen LogP contribution in [-0.4, -0.2) is 48.9 Å². The van der Waals surface area contributed by atoms with Gasteiger partial charge in [0.2, 0.25) is 11.8 Å². The molecule has 0 saturated carbocycles. The molecule has 5 heteroatoms.